The third-order valence-electron chi connectivity index (χ3n) is 5.62. The van der Waals surface area contributed by atoms with Crippen LogP contribution in [-0.4, -0.2) is 46.6 Å². The number of carbonyl (C=O) groups excluding carboxylic acids is 1. The van der Waals surface area contributed by atoms with E-state index in [1.165, 1.54) is 0 Å². The summed E-state index contributed by atoms with van der Waals surface area (Å²) >= 11 is 0. The number of fused-ring (bicyclic) bond motifs is 3. The molecule has 1 aliphatic rings. The zero-order chi connectivity index (χ0) is 22.1. The van der Waals surface area contributed by atoms with E-state index in [2.05, 4.69) is 20.0 Å². The summed E-state index contributed by atoms with van der Waals surface area (Å²) in [5, 5.41) is 6.40. The minimum Gasteiger partial charge on any atom is -0.399 e. The first kappa shape index (κ1) is 20.3. The van der Waals surface area contributed by atoms with Gasteiger partial charge in [0.2, 0.25) is 0 Å². The second-order valence-electron chi connectivity index (χ2n) is 8.11. The number of methoxy groups -OCH3 is 1. The van der Waals surface area contributed by atoms with Gasteiger partial charge in [0.1, 0.15) is 0 Å². The average molecular weight is 431 g/mol. The maximum Gasteiger partial charge on any atom is 0.251 e. The lowest BCUT2D eigenvalue weighted by atomic mass is 10.1. The predicted octanol–water partition coefficient (Wildman–Crippen LogP) is 3.47. The van der Waals surface area contributed by atoms with Crippen LogP contribution in [0.15, 0.2) is 48.7 Å². The third-order valence-corrected chi connectivity index (χ3v) is 5.62. The number of rotatable bonds is 8. The highest BCUT2D eigenvalue weighted by atomic mass is 16.5. The van der Waals surface area contributed by atoms with Crippen molar-refractivity contribution in [2.75, 3.05) is 31.3 Å². The van der Waals surface area contributed by atoms with Gasteiger partial charge in [-0.3, -0.25) is 9.20 Å². The van der Waals surface area contributed by atoms with Crippen molar-refractivity contribution in [1.82, 2.24) is 19.7 Å². The van der Waals surface area contributed by atoms with E-state index < -0.39 is 0 Å². The molecular formula is C24H26N6O2. The molecule has 1 saturated carbocycles. The van der Waals surface area contributed by atoms with Crippen molar-refractivity contribution in [2.45, 2.75) is 25.3 Å². The number of nitrogens with zero attached hydrogens (tertiary/aromatic N) is 3. The van der Waals surface area contributed by atoms with E-state index in [-0.39, 0.29) is 5.91 Å². The average Bonchev–Trinajstić information content (AvgIpc) is 3.50. The van der Waals surface area contributed by atoms with Crippen molar-refractivity contribution < 1.29 is 9.53 Å². The Morgan fingerprint density at radius 3 is 2.78 bits per heavy atom. The lowest BCUT2D eigenvalue weighted by Gasteiger charge is -2.12. The summed E-state index contributed by atoms with van der Waals surface area (Å²) in [4.78, 5) is 21.8. The van der Waals surface area contributed by atoms with Gasteiger partial charge in [0.05, 0.1) is 22.9 Å². The highest BCUT2D eigenvalue weighted by Crippen LogP contribution is 2.29. The molecule has 5 rings (SSSR count). The lowest BCUT2D eigenvalue weighted by Crippen LogP contribution is -2.25. The molecule has 1 amide bonds. The van der Waals surface area contributed by atoms with Crippen LogP contribution in [0, 0.1) is 0 Å². The number of aromatic nitrogens is 3. The van der Waals surface area contributed by atoms with E-state index in [1.54, 1.807) is 7.11 Å². The van der Waals surface area contributed by atoms with Crippen molar-refractivity contribution in [2.24, 2.45) is 0 Å². The zero-order valence-electron chi connectivity index (χ0n) is 18.0. The van der Waals surface area contributed by atoms with E-state index in [0.29, 0.717) is 29.7 Å². The molecule has 8 heteroatoms. The first-order valence-corrected chi connectivity index (χ1v) is 10.8. The van der Waals surface area contributed by atoms with Gasteiger partial charge in [0, 0.05) is 43.1 Å². The standard InChI is InChI=1S/C24H26N6O2/c1-32-12-2-11-26-22-23-27-14-21(30(23)20-10-7-17(25)13-19(20)29-22)15-3-5-16(6-4-15)24(31)28-18-8-9-18/h3-7,10,13-14,18H,2,8-9,11-12,25H2,1H3,(H,26,29)(H,28,31). The molecule has 1 aliphatic carbocycles. The largest absolute Gasteiger partial charge is 0.399 e. The molecule has 1 fully saturated rings. The van der Waals surface area contributed by atoms with Gasteiger partial charge < -0.3 is 21.1 Å². The van der Waals surface area contributed by atoms with Crippen LogP contribution in [0.3, 0.4) is 0 Å². The maximum absolute atomic E-state index is 12.3. The van der Waals surface area contributed by atoms with Gasteiger partial charge in [-0.05, 0) is 49.6 Å². The van der Waals surface area contributed by atoms with Crippen LogP contribution in [0.4, 0.5) is 11.5 Å². The van der Waals surface area contributed by atoms with Crippen LogP contribution in [0.1, 0.15) is 29.6 Å². The van der Waals surface area contributed by atoms with E-state index >= 15 is 0 Å². The molecule has 0 saturated heterocycles. The number of imidazole rings is 1. The number of anilines is 2. The van der Waals surface area contributed by atoms with E-state index in [9.17, 15) is 4.79 Å². The Balaban J connectivity index is 1.55. The number of ether oxygens (including phenoxy) is 1. The second kappa shape index (κ2) is 8.47. The van der Waals surface area contributed by atoms with Crippen LogP contribution >= 0.6 is 0 Å². The van der Waals surface area contributed by atoms with Gasteiger partial charge in [0.15, 0.2) is 11.5 Å². The fourth-order valence-electron chi connectivity index (χ4n) is 3.79. The lowest BCUT2D eigenvalue weighted by molar-refractivity contribution is 0.0951. The summed E-state index contributed by atoms with van der Waals surface area (Å²) in [7, 11) is 1.69. The molecular weight excluding hydrogens is 404 g/mol. The molecule has 32 heavy (non-hydrogen) atoms. The van der Waals surface area contributed by atoms with Crippen LogP contribution < -0.4 is 16.4 Å². The Morgan fingerprint density at radius 2 is 2.03 bits per heavy atom. The summed E-state index contributed by atoms with van der Waals surface area (Å²) in [6.45, 7) is 1.39. The topological polar surface area (TPSA) is 107 Å². The van der Waals surface area contributed by atoms with Gasteiger partial charge in [-0.2, -0.15) is 0 Å². The number of carbonyl (C=O) groups is 1. The Labute approximate surface area is 185 Å². The molecule has 0 bridgehead atoms. The van der Waals surface area contributed by atoms with E-state index in [0.717, 1.165) is 53.7 Å². The van der Waals surface area contributed by atoms with Crippen molar-refractivity contribution >= 4 is 34.1 Å². The first-order valence-electron chi connectivity index (χ1n) is 10.8. The fourth-order valence-corrected chi connectivity index (χ4v) is 3.79. The fraction of sp³-hybridized carbons (Fsp3) is 0.292. The molecule has 164 valence electrons. The number of nitrogen functional groups attached to an aromatic ring is 1. The maximum atomic E-state index is 12.3. The summed E-state index contributed by atoms with van der Waals surface area (Å²) < 4.78 is 7.22. The number of hydrogen-bond acceptors (Lipinski definition) is 6. The minimum absolute atomic E-state index is 0.0233. The molecule has 4 N–H and O–H groups in total. The monoisotopic (exact) mass is 430 g/mol. The number of benzene rings is 2. The molecule has 0 radical (unpaired) electrons. The van der Waals surface area contributed by atoms with Crippen molar-refractivity contribution in [3.05, 3.63) is 54.2 Å². The Bertz CT molecular complexity index is 1280. The molecule has 0 unspecified atom stereocenters. The normalized spacial score (nSPS) is 13.5. The Morgan fingerprint density at radius 1 is 1.22 bits per heavy atom. The van der Waals surface area contributed by atoms with Crippen LogP contribution in [0.5, 0.6) is 0 Å². The van der Waals surface area contributed by atoms with Crippen LogP contribution in [-0.2, 0) is 4.74 Å². The summed E-state index contributed by atoms with van der Waals surface area (Å²) in [6, 6.07) is 13.7. The molecule has 8 nitrogen and oxygen atoms in total. The van der Waals surface area contributed by atoms with Gasteiger partial charge in [-0.15, -0.1) is 0 Å². The number of hydrogen-bond donors (Lipinski definition) is 3. The summed E-state index contributed by atoms with van der Waals surface area (Å²) in [5.41, 5.74) is 11.7. The van der Waals surface area contributed by atoms with E-state index in [4.69, 9.17) is 15.5 Å². The quantitative estimate of drug-likeness (QED) is 0.292. The number of nitrogens with two attached hydrogens (primary N) is 1. The smallest absolute Gasteiger partial charge is 0.251 e. The molecule has 0 atom stereocenters. The summed E-state index contributed by atoms with van der Waals surface area (Å²) in [6.07, 6.45) is 4.84. The minimum atomic E-state index is -0.0233. The Kier molecular flexibility index (Phi) is 5.36. The van der Waals surface area contributed by atoms with Crippen LogP contribution in [0.25, 0.3) is 27.9 Å². The number of nitrogens with one attached hydrogen (secondary N) is 2. The summed E-state index contributed by atoms with van der Waals surface area (Å²) in [5.74, 6) is 0.677. The molecule has 2 aromatic heterocycles. The van der Waals surface area contributed by atoms with Gasteiger partial charge in [0.25, 0.3) is 5.91 Å². The third kappa shape index (κ3) is 3.97. The molecule has 2 heterocycles. The van der Waals surface area contributed by atoms with Crippen molar-refractivity contribution in [3.63, 3.8) is 0 Å². The molecule has 0 aliphatic heterocycles. The number of amides is 1. The second-order valence-corrected chi connectivity index (χ2v) is 8.11. The van der Waals surface area contributed by atoms with Crippen molar-refractivity contribution in [3.8, 4) is 11.3 Å². The van der Waals surface area contributed by atoms with E-state index in [1.807, 2.05) is 48.7 Å². The first-order chi connectivity index (χ1) is 15.6. The molecule has 4 aromatic rings. The van der Waals surface area contributed by atoms with Crippen molar-refractivity contribution in [1.29, 1.82) is 0 Å². The SMILES string of the molecule is COCCCNc1nc2cc(N)ccc2n2c(-c3ccc(C(=O)NC4CC4)cc3)cnc12. The van der Waals surface area contributed by atoms with Gasteiger partial charge >= 0.3 is 0 Å². The highest BCUT2D eigenvalue weighted by molar-refractivity contribution is 5.95. The van der Waals surface area contributed by atoms with Gasteiger partial charge in [-0.25, -0.2) is 9.97 Å². The zero-order valence-corrected chi connectivity index (χ0v) is 18.0. The van der Waals surface area contributed by atoms with Crippen LogP contribution in [0.2, 0.25) is 0 Å². The molecule has 2 aromatic carbocycles. The Hall–Kier alpha value is -3.65. The predicted molar refractivity (Wildman–Crippen MR) is 126 cm³/mol. The highest BCUT2D eigenvalue weighted by Gasteiger charge is 2.23. The molecule has 0 spiro atoms. The van der Waals surface area contributed by atoms with Gasteiger partial charge in [-0.1, -0.05) is 12.1 Å².